The molecule has 5 heteroatoms. The van der Waals surface area contributed by atoms with Crippen molar-refractivity contribution in [2.24, 2.45) is 5.73 Å². The minimum atomic E-state index is -0.0276. The van der Waals surface area contributed by atoms with Crippen molar-refractivity contribution in [3.63, 3.8) is 0 Å². The van der Waals surface area contributed by atoms with Crippen LogP contribution in [0.2, 0.25) is 0 Å². The largest absolute Gasteiger partial charge is 0.384 e. The molecule has 0 aromatic heterocycles. The molecule has 0 radical (unpaired) electrons. The number of hydrogen-bond donors (Lipinski definition) is 1. The number of methoxy groups -OCH3 is 1. The maximum absolute atomic E-state index is 11.7. The minimum Gasteiger partial charge on any atom is -0.384 e. The maximum atomic E-state index is 11.7. The lowest BCUT2D eigenvalue weighted by atomic mass is 10.2. The van der Waals surface area contributed by atoms with Crippen molar-refractivity contribution in [3.05, 3.63) is 0 Å². The molecule has 1 amide bonds. The fourth-order valence-corrected chi connectivity index (χ4v) is 1.73. The van der Waals surface area contributed by atoms with Gasteiger partial charge in [-0.05, 0) is 6.92 Å². The smallest absolute Gasteiger partial charge is 0.225 e. The van der Waals surface area contributed by atoms with Crippen molar-refractivity contribution < 1.29 is 14.3 Å². The summed E-state index contributed by atoms with van der Waals surface area (Å²) in [5, 5.41) is 0. The van der Waals surface area contributed by atoms with E-state index in [0.717, 1.165) is 0 Å². The highest BCUT2D eigenvalue weighted by Crippen LogP contribution is 2.11. The molecule has 15 heavy (non-hydrogen) atoms. The van der Waals surface area contributed by atoms with Crippen molar-refractivity contribution in [1.82, 2.24) is 4.90 Å². The van der Waals surface area contributed by atoms with E-state index in [2.05, 4.69) is 0 Å². The zero-order valence-corrected chi connectivity index (χ0v) is 9.44. The first-order valence-corrected chi connectivity index (χ1v) is 5.29. The summed E-state index contributed by atoms with van der Waals surface area (Å²) in [4.78, 5) is 13.5. The maximum Gasteiger partial charge on any atom is 0.225 e. The standard InChI is InChI=1S/C10H20N2O3/c1-8-6-12(7-9(5-11)15-8)10(13)3-4-14-2/h8-9H,3-7,11H2,1-2H3. The Balaban J connectivity index is 2.42. The van der Waals surface area contributed by atoms with Gasteiger partial charge in [-0.3, -0.25) is 4.79 Å². The van der Waals surface area contributed by atoms with Gasteiger partial charge in [-0.25, -0.2) is 0 Å². The topological polar surface area (TPSA) is 64.8 Å². The summed E-state index contributed by atoms with van der Waals surface area (Å²) in [6.45, 7) is 4.14. The number of hydrogen-bond acceptors (Lipinski definition) is 4. The predicted octanol–water partition coefficient (Wildman–Crippen LogP) is -0.402. The average Bonchev–Trinajstić information content (AvgIpc) is 2.24. The van der Waals surface area contributed by atoms with Crippen molar-refractivity contribution in [2.45, 2.75) is 25.6 Å². The molecule has 2 N–H and O–H groups in total. The van der Waals surface area contributed by atoms with Gasteiger partial charge in [0.05, 0.1) is 25.2 Å². The van der Waals surface area contributed by atoms with Crippen molar-refractivity contribution in [3.8, 4) is 0 Å². The molecular weight excluding hydrogens is 196 g/mol. The third-order valence-electron chi connectivity index (χ3n) is 2.46. The number of amides is 1. The molecule has 2 atom stereocenters. The number of carbonyl (C=O) groups excluding carboxylic acids is 1. The van der Waals surface area contributed by atoms with Gasteiger partial charge in [-0.1, -0.05) is 0 Å². The second kappa shape index (κ2) is 6.05. The van der Waals surface area contributed by atoms with E-state index in [0.29, 0.717) is 32.7 Å². The second-order valence-corrected chi connectivity index (χ2v) is 3.85. The highest BCUT2D eigenvalue weighted by atomic mass is 16.5. The van der Waals surface area contributed by atoms with E-state index >= 15 is 0 Å². The van der Waals surface area contributed by atoms with E-state index in [4.69, 9.17) is 15.2 Å². The highest BCUT2D eigenvalue weighted by molar-refractivity contribution is 5.76. The van der Waals surface area contributed by atoms with E-state index in [1.165, 1.54) is 0 Å². The third-order valence-corrected chi connectivity index (χ3v) is 2.46. The average molecular weight is 216 g/mol. The summed E-state index contributed by atoms with van der Waals surface area (Å²) in [5.74, 6) is 0.116. The Morgan fingerprint density at radius 3 is 2.93 bits per heavy atom. The van der Waals surface area contributed by atoms with Crippen LogP contribution in [0, 0.1) is 0 Å². The SMILES string of the molecule is COCCC(=O)N1CC(C)OC(CN)C1. The summed E-state index contributed by atoms with van der Waals surface area (Å²) < 4.78 is 10.5. The molecule has 0 aliphatic carbocycles. The Hall–Kier alpha value is -0.650. The van der Waals surface area contributed by atoms with E-state index in [-0.39, 0.29) is 18.1 Å². The number of morpholine rings is 1. The fraction of sp³-hybridized carbons (Fsp3) is 0.900. The van der Waals surface area contributed by atoms with Gasteiger partial charge in [0, 0.05) is 26.7 Å². The van der Waals surface area contributed by atoms with Gasteiger partial charge < -0.3 is 20.1 Å². The molecule has 1 rings (SSSR count). The Kier molecular flexibility index (Phi) is 5.01. The molecular formula is C10H20N2O3. The van der Waals surface area contributed by atoms with Crippen LogP contribution in [-0.4, -0.2) is 56.4 Å². The van der Waals surface area contributed by atoms with E-state index in [9.17, 15) is 4.79 Å². The first kappa shape index (κ1) is 12.4. The van der Waals surface area contributed by atoms with Crippen LogP contribution < -0.4 is 5.73 Å². The lowest BCUT2D eigenvalue weighted by Crippen LogP contribution is -2.51. The van der Waals surface area contributed by atoms with E-state index < -0.39 is 0 Å². The zero-order valence-electron chi connectivity index (χ0n) is 9.44. The van der Waals surface area contributed by atoms with Crippen LogP contribution in [0.5, 0.6) is 0 Å². The lowest BCUT2D eigenvalue weighted by molar-refractivity contribution is -0.144. The third kappa shape index (κ3) is 3.77. The van der Waals surface area contributed by atoms with Gasteiger partial charge >= 0.3 is 0 Å². The summed E-state index contributed by atoms with van der Waals surface area (Å²) >= 11 is 0. The van der Waals surface area contributed by atoms with Gasteiger partial charge in [-0.2, -0.15) is 0 Å². The fourth-order valence-electron chi connectivity index (χ4n) is 1.73. The summed E-state index contributed by atoms with van der Waals surface area (Å²) in [7, 11) is 1.60. The molecule has 1 fully saturated rings. The lowest BCUT2D eigenvalue weighted by Gasteiger charge is -2.36. The predicted molar refractivity (Wildman–Crippen MR) is 56.5 cm³/mol. The Bertz CT molecular complexity index is 211. The van der Waals surface area contributed by atoms with Crippen LogP contribution >= 0.6 is 0 Å². The van der Waals surface area contributed by atoms with Gasteiger partial charge in [0.2, 0.25) is 5.91 Å². The van der Waals surface area contributed by atoms with E-state index in [1.807, 2.05) is 11.8 Å². The molecule has 88 valence electrons. The number of carbonyl (C=O) groups is 1. The summed E-state index contributed by atoms with van der Waals surface area (Å²) in [6.07, 6.45) is 0.472. The van der Waals surface area contributed by atoms with Gasteiger partial charge in [-0.15, -0.1) is 0 Å². The molecule has 0 saturated carbocycles. The van der Waals surface area contributed by atoms with Crippen LogP contribution in [0.25, 0.3) is 0 Å². The minimum absolute atomic E-state index is 0.0276. The Labute approximate surface area is 90.5 Å². The van der Waals surface area contributed by atoms with Gasteiger partial charge in [0.1, 0.15) is 0 Å². The Morgan fingerprint density at radius 1 is 1.60 bits per heavy atom. The number of nitrogens with two attached hydrogens (primary N) is 1. The normalized spacial score (nSPS) is 26.7. The molecule has 1 heterocycles. The molecule has 1 aliphatic heterocycles. The van der Waals surface area contributed by atoms with Gasteiger partial charge in [0.25, 0.3) is 0 Å². The van der Waals surface area contributed by atoms with Crippen molar-refractivity contribution in [1.29, 1.82) is 0 Å². The molecule has 0 bridgehead atoms. The first-order chi connectivity index (χ1) is 7.17. The van der Waals surface area contributed by atoms with Crippen LogP contribution in [0.1, 0.15) is 13.3 Å². The summed E-state index contributed by atoms with van der Waals surface area (Å²) in [5.41, 5.74) is 5.54. The number of nitrogens with zero attached hydrogens (tertiary/aromatic N) is 1. The Morgan fingerprint density at radius 2 is 2.33 bits per heavy atom. The summed E-state index contributed by atoms with van der Waals surface area (Å²) in [6, 6.07) is 0. The van der Waals surface area contributed by atoms with Crippen molar-refractivity contribution in [2.75, 3.05) is 33.4 Å². The van der Waals surface area contributed by atoms with Crippen LogP contribution in [0.3, 0.4) is 0 Å². The molecule has 5 nitrogen and oxygen atoms in total. The molecule has 0 spiro atoms. The monoisotopic (exact) mass is 216 g/mol. The van der Waals surface area contributed by atoms with Crippen LogP contribution in [0.4, 0.5) is 0 Å². The molecule has 0 aromatic rings. The highest BCUT2D eigenvalue weighted by Gasteiger charge is 2.26. The number of ether oxygens (including phenoxy) is 2. The second-order valence-electron chi connectivity index (χ2n) is 3.85. The van der Waals surface area contributed by atoms with Crippen molar-refractivity contribution >= 4 is 5.91 Å². The zero-order chi connectivity index (χ0) is 11.3. The molecule has 0 aromatic carbocycles. The first-order valence-electron chi connectivity index (χ1n) is 5.29. The molecule has 1 saturated heterocycles. The quantitative estimate of drug-likeness (QED) is 0.694. The van der Waals surface area contributed by atoms with Gasteiger partial charge in [0.15, 0.2) is 0 Å². The molecule has 1 aliphatic rings. The number of rotatable bonds is 4. The van der Waals surface area contributed by atoms with Crippen LogP contribution in [-0.2, 0) is 14.3 Å². The molecule has 2 unspecified atom stereocenters. The van der Waals surface area contributed by atoms with Crippen LogP contribution in [0.15, 0.2) is 0 Å². The van der Waals surface area contributed by atoms with E-state index in [1.54, 1.807) is 7.11 Å².